The minimum atomic E-state index is -0.341. The molecule has 0 radical (unpaired) electrons. The average Bonchev–Trinajstić information content (AvgIpc) is 2.80. The van der Waals surface area contributed by atoms with E-state index in [0.29, 0.717) is 12.3 Å². The van der Waals surface area contributed by atoms with Crippen LogP contribution in [0.2, 0.25) is 0 Å². The van der Waals surface area contributed by atoms with Gasteiger partial charge in [0.1, 0.15) is 5.75 Å². The van der Waals surface area contributed by atoms with E-state index in [0.717, 1.165) is 28.6 Å². The number of fused-ring (bicyclic) bond motifs is 1. The zero-order valence-corrected chi connectivity index (χ0v) is 13.2. The van der Waals surface area contributed by atoms with Crippen LogP contribution in [0.3, 0.4) is 0 Å². The van der Waals surface area contributed by atoms with Crippen LogP contribution in [0.25, 0.3) is 10.9 Å². The smallest absolute Gasteiger partial charge is 0.308 e. The van der Waals surface area contributed by atoms with Gasteiger partial charge in [0.15, 0.2) is 5.75 Å². The number of hydrogen-bond acceptors (Lipinski definition) is 3. The van der Waals surface area contributed by atoms with Crippen LogP contribution in [-0.4, -0.2) is 15.6 Å². The Morgan fingerprint density at radius 1 is 1.17 bits per heavy atom. The Kier molecular flexibility index (Phi) is 4.06. The standard InChI is InChI=1S/C19H19NO3/c1-3-17-19(23-13(2)21)16-10-9-15(22)11-18(16)20(17)12-14-7-5-4-6-8-14/h4-11,22H,3,12H2,1-2H3. The first-order valence-electron chi connectivity index (χ1n) is 7.66. The molecule has 0 atom stereocenters. The maximum Gasteiger partial charge on any atom is 0.308 e. The van der Waals surface area contributed by atoms with Crippen molar-refractivity contribution >= 4 is 16.9 Å². The van der Waals surface area contributed by atoms with Gasteiger partial charge in [-0.25, -0.2) is 0 Å². The van der Waals surface area contributed by atoms with Crippen molar-refractivity contribution in [1.29, 1.82) is 0 Å². The molecule has 0 saturated carbocycles. The highest BCUT2D eigenvalue weighted by Gasteiger charge is 2.19. The zero-order valence-electron chi connectivity index (χ0n) is 13.2. The monoisotopic (exact) mass is 309 g/mol. The Bertz CT molecular complexity index is 850. The van der Waals surface area contributed by atoms with Crippen molar-refractivity contribution in [2.75, 3.05) is 0 Å². The van der Waals surface area contributed by atoms with Gasteiger partial charge in [0.05, 0.1) is 11.2 Å². The first kappa shape index (κ1) is 15.2. The van der Waals surface area contributed by atoms with E-state index in [9.17, 15) is 9.90 Å². The molecule has 0 saturated heterocycles. The molecule has 0 aliphatic carbocycles. The van der Waals surface area contributed by atoms with Gasteiger partial charge in [0, 0.05) is 24.9 Å². The number of aromatic hydroxyl groups is 1. The summed E-state index contributed by atoms with van der Waals surface area (Å²) >= 11 is 0. The number of esters is 1. The van der Waals surface area contributed by atoms with Crippen LogP contribution in [0.15, 0.2) is 48.5 Å². The number of aromatic nitrogens is 1. The maximum atomic E-state index is 11.5. The van der Waals surface area contributed by atoms with Crippen LogP contribution in [-0.2, 0) is 17.8 Å². The largest absolute Gasteiger partial charge is 0.508 e. The second kappa shape index (κ2) is 6.16. The fourth-order valence-corrected chi connectivity index (χ4v) is 2.91. The van der Waals surface area contributed by atoms with E-state index < -0.39 is 0 Å². The van der Waals surface area contributed by atoms with Crippen LogP contribution >= 0.6 is 0 Å². The van der Waals surface area contributed by atoms with E-state index in [1.165, 1.54) is 6.92 Å². The number of carbonyl (C=O) groups is 1. The second-order valence-electron chi connectivity index (χ2n) is 5.50. The van der Waals surface area contributed by atoms with Gasteiger partial charge in [-0.15, -0.1) is 0 Å². The lowest BCUT2D eigenvalue weighted by Crippen LogP contribution is -2.07. The Balaban J connectivity index is 2.21. The Morgan fingerprint density at radius 2 is 1.91 bits per heavy atom. The summed E-state index contributed by atoms with van der Waals surface area (Å²) in [6, 6.07) is 15.2. The summed E-state index contributed by atoms with van der Waals surface area (Å²) in [5.41, 5.74) is 2.96. The number of benzene rings is 2. The van der Waals surface area contributed by atoms with Crippen molar-refractivity contribution < 1.29 is 14.6 Å². The lowest BCUT2D eigenvalue weighted by Gasteiger charge is -2.10. The Labute approximate surface area is 134 Å². The third-order valence-electron chi connectivity index (χ3n) is 3.87. The third kappa shape index (κ3) is 2.93. The number of phenols is 1. The van der Waals surface area contributed by atoms with Crippen molar-refractivity contribution in [2.24, 2.45) is 0 Å². The number of rotatable bonds is 4. The van der Waals surface area contributed by atoms with E-state index in [4.69, 9.17) is 4.74 Å². The van der Waals surface area contributed by atoms with Gasteiger partial charge in [-0.05, 0) is 24.1 Å². The normalized spacial score (nSPS) is 10.9. The lowest BCUT2D eigenvalue weighted by atomic mass is 10.2. The summed E-state index contributed by atoms with van der Waals surface area (Å²) in [6.07, 6.45) is 0.727. The average molecular weight is 309 g/mol. The van der Waals surface area contributed by atoms with E-state index in [1.54, 1.807) is 18.2 Å². The molecule has 0 bridgehead atoms. The predicted octanol–water partition coefficient (Wildman–Crippen LogP) is 3.88. The molecule has 0 fully saturated rings. The highest BCUT2D eigenvalue weighted by Crippen LogP contribution is 2.36. The Hall–Kier alpha value is -2.75. The number of carbonyl (C=O) groups excluding carboxylic acids is 1. The fraction of sp³-hybridized carbons (Fsp3) is 0.211. The summed E-state index contributed by atoms with van der Waals surface area (Å²) in [4.78, 5) is 11.5. The molecule has 0 aliphatic heterocycles. The van der Waals surface area contributed by atoms with Gasteiger partial charge in [-0.3, -0.25) is 4.79 Å². The molecule has 1 N–H and O–H groups in total. The molecule has 0 amide bonds. The highest BCUT2D eigenvalue weighted by molar-refractivity contribution is 5.92. The molecule has 2 aromatic carbocycles. The molecule has 1 aromatic heterocycles. The van der Waals surface area contributed by atoms with Crippen molar-refractivity contribution in [3.8, 4) is 11.5 Å². The molecule has 0 aliphatic rings. The summed E-state index contributed by atoms with van der Waals surface area (Å²) in [5.74, 6) is 0.443. The molecule has 3 aromatic rings. The summed E-state index contributed by atoms with van der Waals surface area (Å²) in [6.45, 7) is 4.09. The first-order valence-corrected chi connectivity index (χ1v) is 7.66. The SMILES string of the molecule is CCc1c(OC(C)=O)c2ccc(O)cc2n1Cc1ccccc1. The van der Waals surface area contributed by atoms with Crippen LogP contribution in [0, 0.1) is 0 Å². The number of hydrogen-bond donors (Lipinski definition) is 1. The van der Waals surface area contributed by atoms with Crippen molar-refractivity contribution in [2.45, 2.75) is 26.8 Å². The second-order valence-corrected chi connectivity index (χ2v) is 5.50. The van der Waals surface area contributed by atoms with Gasteiger partial charge in [0.25, 0.3) is 0 Å². The summed E-state index contributed by atoms with van der Waals surface area (Å²) < 4.78 is 7.57. The summed E-state index contributed by atoms with van der Waals surface area (Å²) in [7, 11) is 0. The zero-order chi connectivity index (χ0) is 16.4. The molecule has 23 heavy (non-hydrogen) atoms. The molecule has 0 unspecified atom stereocenters. The number of ether oxygens (including phenoxy) is 1. The highest BCUT2D eigenvalue weighted by atomic mass is 16.5. The number of phenolic OH excluding ortho intramolecular Hbond substituents is 1. The van der Waals surface area contributed by atoms with E-state index in [-0.39, 0.29) is 11.7 Å². The minimum absolute atomic E-state index is 0.196. The quantitative estimate of drug-likeness (QED) is 0.744. The molecular formula is C19H19NO3. The lowest BCUT2D eigenvalue weighted by molar-refractivity contribution is -0.131. The van der Waals surface area contributed by atoms with Gasteiger partial charge >= 0.3 is 5.97 Å². The topological polar surface area (TPSA) is 51.5 Å². The van der Waals surface area contributed by atoms with Crippen LogP contribution in [0.4, 0.5) is 0 Å². The van der Waals surface area contributed by atoms with Crippen LogP contribution in [0.5, 0.6) is 11.5 Å². The molecule has 4 nitrogen and oxygen atoms in total. The van der Waals surface area contributed by atoms with Crippen LogP contribution in [0.1, 0.15) is 25.1 Å². The van der Waals surface area contributed by atoms with Gasteiger partial charge in [0.2, 0.25) is 0 Å². The maximum absolute atomic E-state index is 11.5. The molecule has 118 valence electrons. The molecule has 1 heterocycles. The minimum Gasteiger partial charge on any atom is -0.508 e. The molecule has 4 heteroatoms. The van der Waals surface area contributed by atoms with E-state index in [1.807, 2.05) is 25.1 Å². The van der Waals surface area contributed by atoms with E-state index >= 15 is 0 Å². The van der Waals surface area contributed by atoms with Crippen molar-refractivity contribution in [3.05, 3.63) is 59.8 Å². The van der Waals surface area contributed by atoms with E-state index in [2.05, 4.69) is 16.7 Å². The molecule has 3 rings (SSSR count). The first-order chi connectivity index (χ1) is 11.1. The van der Waals surface area contributed by atoms with Crippen molar-refractivity contribution in [1.82, 2.24) is 4.57 Å². The predicted molar refractivity (Wildman–Crippen MR) is 89.8 cm³/mol. The van der Waals surface area contributed by atoms with Gasteiger partial charge < -0.3 is 14.4 Å². The van der Waals surface area contributed by atoms with Gasteiger partial charge in [-0.1, -0.05) is 37.3 Å². The number of nitrogens with zero attached hydrogens (tertiary/aromatic N) is 1. The fourth-order valence-electron chi connectivity index (χ4n) is 2.91. The molecule has 0 spiro atoms. The van der Waals surface area contributed by atoms with Gasteiger partial charge in [-0.2, -0.15) is 0 Å². The summed E-state index contributed by atoms with van der Waals surface area (Å²) in [5, 5.41) is 10.7. The van der Waals surface area contributed by atoms with Crippen LogP contribution < -0.4 is 4.74 Å². The molecular weight excluding hydrogens is 290 g/mol. The van der Waals surface area contributed by atoms with Crippen molar-refractivity contribution in [3.63, 3.8) is 0 Å². The third-order valence-corrected chi connectivity index (χ3v) is 3.87. The Morgan fingerprint density at radius 3 is 2.57 bits per heavy atom.